The van der Waals surface area contributed by atoms with Crippen molar-refractivity contribution >= 4 is 46.1 Å². The number of esters is 2. The summed E-state index contributed by atoms with van der Waals surface area (Å²) in [4.78, 5) is 42.6. The summed E-state index contributed by atoms with van der Waals surface area (Å²) in [5, 5.41) is 3.27. The number of pyridine rings is 1. The van der Waals surface area contributed by atoms with Crippen LogP contribution in [0, 0.1) is 0 Å². The quantitative estimate of drug-likeness (QED) is 0.390. The molecule has 180 valence electrons. The molecule has 0 radical (unpaired) electrons. The van der Waals surface area contributed by atoms with Crippen molar-refractivity contribution in [3.8, 4) is 0 Å². The zero-order chi connectivity index (χ0) is 25.1. The number of amides is 1. The van der Waals surface area contributed by atoms with Crippen LogP contribution in [0.5, 0.6) is 0 Å². The number of benzene rings is 2. The number of allylic oxidation sites excluding steroid dienone is 1. The normalized spacial score (nSPS) is 13.4. The fourth-order valence-corrected chi connectivity index (χ4v) is 4.33. The maximum atomic E-state index is 13.3. The Morgan fingerprint density at radius 3 is 2.61 bits per heavy atom. The molecule has 0 fully saturated rings. The van der Waals surface area contributed by atoms with Crippen LogP contribution < -0.4 is 5.32 Å². The van der Waals surface area contributed by atoms with E-state index in [9.17, 15) is 14.4 Å². The van der Waals surface area contributed by atoms with E-state index in [1.807, 2.05) is 42.5 Å². The summed E-state index contributed by atoms with van der Waals surface area (Å²) >= 11 is 0. The minimum atomic E-state index is -0.611. The van der Waals surface area contributed by atoms with E-state index in [1.54, 1.807) is 24.5 Å². The fraction of sp³-hybridized carbons (Fsp3) is 0.143. The van der Waals surface area contributed by atoms with Crippen molar-refractivity contribution in [2.45, 2.75) is 12.8 Å². The number of carbonyl (C=O) groups is 3. The molecule has 0 bridgehead atoms. The first kappa shape index (κ1) is 23.0. The van der Waals surface area contributed by atoms with Gasteiger partial charge in [-0.15, -0.1) is 0 Å². The minimum absolute atomic E-state index is 0.202. The summed E-state index contributed by atoms with van der Waals surface area (Å²) in [5.74, 6) is -1.06. The van der Waals surface area contributed by atoms with Crippen molar-refractivity contribution in [2.24, 2.45) is 0 Å². The van der Waals surface area contributed by atoms with E-state index in [4.69, 9.17) is 18.9 Å². The molecule has 0 saturated carbocycles. The standard InChI is InChI=1S/C28H22N2O6/c1-34-27(32)20-9-3-5-11-23(20)29-24(31)16-36-28(33)25-19-8-2-4-10-22(19)30-26-17(12-13-21(25)26)15-18-7-6-14-35-18/h2-11,14-15H,12-13,16H2,1H3,(H,29,31)/b17-15+. The molecule has 2 aromatic heterocycles. The third kappa shape index (κ3) is 4.48. The number of aromatic nitrogens is 1. The highest BCUT2D eigenvalue weighted by molar-refractivity contribution is 6.08. The van der Waals surface area contributed by atoms with Gasteiger partial charge >= 0.3 is 11.9 Å². The average molecular weight is 482 g/mol. The largest absolute Gasteiger partial charge is 0.465 e. The SMILES string of the molecule is COC(=O)c1ccccc1NC(=O)COC(=O)c1c2c(nc3ccccc13)/C(=C/c1ccco1)CC2. The minimum Gasteiger partial charge on any atom is -0.465 e. The number of methoxy groups -OCH3 is 1. The molecular weight excluding hydrogens is 460 g/mol. The highest BCUT2D eigenvalue weighted by Crippen LogP contribution is 2.37. The Morgan fingerprint density at radius 2 is 1.81 bits per heavy atom. The monoisotopic (exact) mass is 482 g/mol. The van der Waals surface area contributed by atoms with Gasteiger partial charge in [-0.2, -0.15) is 0 Å². The van der Waals surface area contributed by atoms with Crippen LogP contribution in [0.15, 0.2) is 71.3 Å². The Labute approximate surface area is 206 Å². The molecule has 36 heavy (non-hydrogen) atoms. The Bertz CT molecular complexity index is 1500. The first-order valence-corrected chi connectivity index (χ1v) is 11.4. The molecule has 0 spiro atoms. The van der Waals surface area contributed by atoms with Gasteiger partial charge in [0.1, 0.15) is 5.76 Å². The van der Waals surface area contributed by atoms with Crippen LogP contribution in [0.3, 0.4) is 0 Å². The summed E-state index contributed by atoms with van der Waals surface area (Å²) in [5.41, 5.74) is 4.02. The molecule has 8 nitrogen and oxygen atoms in total. The molecule has 1 aliphatic carbocycles. The highest BCUT2D eigenvalue weighted by Gasteiger charge is 2.28. The zero-order valence-electron chi connectivity index (χ0n) is 19.4. The molecule has 0 unspecified atom stereocenters. The van der Waals surface area contributed by atoms with E-state index < -0.39 is 24.5 Å². The smallest absolute Gasteiger partial charge is 0.339 e. The third-order valence-corrected chi connectivity index (χ3v) is 5.95. The van der Waals surface area contributed by atoms with E-state index in [0.717, 1.165) is 16.8 Å². The first-order chi connectivity index (χ1) is 17.5. The molecular formula is C28H22N2O6. The summed E-state index contributed by atoms with van der Waals surface area (Å²) in [7, 11) is 1.26. The number of fused-ring (bicyclic) bond motifs is 2. The summed E-state index contributed by atoms with van der Waals surface area (Å²) < 4.78 is 15.6. The summed E-state index contributed by atoms with van der Waals surface area (Å²) in [6, 6.07) is 17.5. The lowest BCUT2D eigenvalue weighted by atomic mass is 10.0. The van der Waals surface area contributed by atoms with Crippen molar-refractivity contribution in [3.05, 3.63) is 95.1 Å². The van der Waals surface area contributed by atoms with Crippen LogP contribution in [0.25, 0.3) is 22.6 Å². The second-order valence-electron chi connectivity index (χ2n) is 8.18. The molecule has 2 heterocycles. The van der Waals surface area contributed by atoms with Gasteiger partial charge in [0, 0.05) is 5.39 Å². The molecule has 0 atom stereocenters. The van der Waals surface area contributed by atoms with Crippen LogP contribution in [-0.4, -0.2) is 36.5 Å². The van der Waals surface area contributed by atoms with Crippen LogP contribution in [0.2, 0.25) is 0 Å². The van der Waals surface area contributed by atoms with Gasteiger partial charge in [0.15, 0.2) is 6.61 Å². The van der Waals surface area contributed by atoms with Gasteiger partial charge in [0.2, 0.25) is 0 Å². The zero-order valence-corrected chi connectivity index (χ0v) is 19.4. The number of rotatable bonds is 6. The predicted molar refractivity (Wildman–Crippen MR) is 133 cm³/mol. The topological polar surface area (TPSA) is 108 Å². The van der Waals surface area contributed by atoms with E-state index in [0.29, 0.717) is 35.1 Å². The molecule has 0 saturated heterocycles. The molecule has 1 N–H and O–H groups in total. The maximum absolute atomic E-state index is 13.3. The van der Waals surface area contributed by atoms with E-state index in [-0.39, 0.29) is 11.3 Å². The van der Waals surface area contributed by atoms with Gasteiger partial charge in [0.05, 0.1) is 41.4 Å². The second kappa shape index (κ2) is 9.87. The molecule has 0 aliphatic heterocycles. The molecule has 5 rings (SSSR count). The number of furan rings is 1. The number of carbonyl (C=O) groups excluding carboxylic acids is 3. The predicted octanol–water partition coefficient (Wildman–Crippen LogP) is 4.90. The van der Waals surface area contributed by atoms with Gasteiger partial charge in [0.25, 0.3) is 5.91 Å². The summed E-state index contributed by atoms with van der Waals surface area (Å²) in [6.45, 7) is -0.519. The van der Waals surface area contributed by atoms with Crippen molar-refractivity contribution in [2.75, 3.05) is 19.0 Å². The van der Waals surface area contributed by atoms with Gasteiger partial charge in [-0.05, 0) is 60.4 Å². The van der Waals surface area contributed by atoms with Crippen molar-refractivity contribution in [3.63, 3.8) is 0 Å². The van der Waals surface area contributed by atoms with Crippen molar-refractivity contribution in [1.29, 1.82) is 0 Å². The number of nitrogens with one attached hydrogen (secondary N) is 1. The molecule has 4 aromatic rings. The van der Waals surface area contributed by atoms with Crippen LogP contribution in [0.4, 0.5) is 5.69 Å². The number of hydrogen-bond acceptors (Lipinski definition) is 7. The van der Waals surface area contributed by atoms with Gasteiger partial charge in [-0.25, -0.2) is 14.6 Å². The Hall–Kier alpha value is -4.72. The van der Waals surface area contributed by atoms with Crippen molar-refractivity contribution < 1.29 is 28.3 Å². The lowest BCUT2D eigenvalue weighted by Crippen LogP contribution is -2.23. The number of para-hydroxylation sites is 2. The van der Waals surface area contributed by atoms with Gasteiger partial charge < -0.3 is 19.2 Å². The molecule has 1 amide bonds. The average Bonchev–Trinajstić information content (AvgIpc) is 3.56. The second-order valence-corrected chi connectivity index (χ2v) is 8.18. The molecule has 2 aromatic carbocycles. The van der Waals surface area contributed by atoms with E-state index in [1.165, 1.54) is 13.2 Å². The Kier molecular flexibility index (Phi) is 6.32. The first-order valence-electron chi connectivity index (χ1n) is 11.4. The third-order valence-electron chi connectivity index (χ3n) is 5.95. The number of ether oxygens (including phenoxy) is 2. The highest BCUT2D eigenvalue weighted by atomic mass is 16.5. The summed E-state index contributed by atoms with van der Waals surface area (Å²) in [6.07, 6.45) is 4.84. The number of nitrogens with zero attached hydrogens (tertiary/aromatic N) is 1. The van der Waals surface area contributed by atoms with E-state index in [2.05, 4.69) is 5.32 Å². The number of anilines is 1. The maximum Gasteiger partial charge on any atom is 0.339 e. The van der Waals surface area contributed by atoms with Crippen molar-refractivity contribution in [1.82, 2.24) is 4.98 Å². The van der Waals surface area contributed by atoms with E-state index >= 15 is 0 Å². The molecule has 1 aliphatic rings. The molecule has 8 heteroatoms. The number of hydrogen-bond donors (Lipinski definition) is 1. The van der Waals surface area contributed by atoms with Crippen LogP contribution >= 0.6 is 0 Å². The Balaban J connectivity index is 1.40. The van der Waals surface area contributed by atoms with Gasteiger partial charge in [-0.1, -0.05) is 30.3 Å². The van der Waals surface area contributed by atoms with Gasteiger partial charge in [-0.3, -0.25) is 4.79 Å². The Morgan fingerprint density at radius 1 is 1.00 bits per heavy atom. The fourth-order valence-electron chi connectivity index (χ4n) is 4.33. The lowest BCUT2D eigenvalue weighted by Gasteiger charge is -2.13. The lowest BCUT2D eigenvalue weighted by molar-refractivity contribution is -0.119. The van der Waals surface area contributed by atoms with Crippen LogP contribution in [-0.2, 0) is 20.7 Å². The van der Waals surface area contributed by atoms with Crippen LogP contribution in [0.1, 0.15) is 44.2 Å².